The number of fused-ring (bicyclic) bond motifs is 1. The van der Waals surface area contributed by atoms with Crippen LogP contribution in [0.3, 0.4) is 0 Å². The molecule has 0 unspecified atom stereocenters. The second-order valence-corrected chi connectivity index (χ2v) is 10.3. The molecule has 1 saturated carbocycles. The number of aromatic amines is 1. The Kier molecular flexibility index (Phi) is 5.84. The van der Waals surface area contributed by atoms with Gasteiger partial charge in [0.15, 0.2) is 5.13 Å². The Labute approximate surface area is 204 Å². The summed E-state index contributed by atoms with van der Waals surface area (Å²) in [7, 11) is 0. The van der Waals surface area contributed by atoms with Gasteiger partial charge in [-0.2, -0.15) is 0 Å². The topological polar surface area (TPSA) is 98.3 Å². The quantitative estimate of drug-likeness (QED) is 0.441. The van der Waals surface area contributed by atoms with Gasteiger partial charge >= 0.3 is 5.97 Å². The van der Waals surface area contributed by atoms with Crippen molar-refractivity contribution in [3.63, 3.8) is 0 Å². The van der Waals surface area contributed by atoms with Crippen LogP contribution in [0.25, 0.3) is 0 Å². The molecule has 0 bridgehead atoms. The summed E-state index contributed by atoms with van der Waals surface area (Å²) in [6.45, 7) is 3.24. The fraction of sp³-hybridized carbons (Fsp3) is 0.348. The van der Waals surface area contributed by atoms with E-state index < -0.39 is 5.97 Å². The highest BCUT2D eigenvalue weighted by Gasteiger charge is 2.57. The molecule has 7 nitrogen and oxygen atoms in total. The number of amides is 1. The number of nitrogens with zero attached hydrogens (tertiary/aromatic N) is 2. The summed E-state index contributed by atoms with van der Waals surface area (Å²) in [6, 6.07) is 10.1. The number of piperidine rings is 1. The van der Waals surface area contributed by atoms with Gasteiger partial charge in [0.2, 0.25) is 0 Å². The standard InChI is InChI=1S/C23H22Cl2N4O3S/c1-11-16(24)17(25)19(26-11)21(30)28-18-13-9-29(10-14(13)18)23-27-15(20(33-23)22(31)32)8-7-12-5-3-2-4-6-12/h2-6,13-14,18,26H,7-10H2,1H3,(H,28,30)(H,31,32)/t13-,14+,18-. The van der Waals surface area contributed by atoms with Gasteiger partial charge in [-0.05, 0) is 25.3 Å². The number of carboxylic acid groups (broad SMARTS) is 1. The van der Waals surface area contributed by atoms with Crippen LogP contribution in [-0.2, 0) is 12.8 Å². The molecule has 3 aromatic rings. The van der Waals surface area contributed by atoms with E-state index in [0.29, 0.717) is 39.5 Å². The molecule has 3 N–H and O–H groups in total. The summed E-state index contributed by atoms with van der Waals surface area (Å²) in [5.41, 5.74) is 2.73. The monoisotopic (exact) mass is 504 g/mol. The number of thiazole rings is 1. The van der Waals surface area contributed by atoms with Crippen molar-refractivity contribution in [1.82, 2.24) is 15.3 Å². The lowest BCUT2D eigenvalue weighted by Crippen LogP contribution is -2.34. The molecule has 10 heteroatoms. The van der Waals surface area contributed by atoms with E-state index in [-0.39, 0.29) is 22.7 Å². The Morgan fingerprint density at radius 3 is 2.48 bits per heavy atom. The van der Waals surface area contributed by atoms with Crippen LogP contribution in [0.1, 0.15) is 37.1 Å². The van der Waals surface area contributed by atoms with Crippen molar-refractivity contribution in [2.75, 3.05) is 18.0 Å². The number of carboxylic acids is 1. The molecule has 1 saturated heterocycles. The minimum absolute atomic E-state index is 0.0728. The Morgan fingerprint density at radius 1 is 1.18 bits per heavy atom. The zero-order valence-electron chi connectivity index (χ0n) is 17.8. The van der Waals surface area contributed by atoms with E-state index in [1.165, 1.54) is 11.3 Å². The largest absolute Gasteiger partial charge is 0.477 e. The van der Waals surface area contributed by atoms with Crippen molar-refractivity contribution in [3.05, 3.63) is 67.9 Å². The summed E-state index contributed by atoms with van der Waals surface area (Å²) in [6.07, 6.45) is 1.33. The lowest BCUT2D eigenvalue weighted by molar-refractivity contribution is 0.0700. The van der Waals surface area contributed by atoms with Gasteiger partial charge < -0.3 is 20.3 Å². The van der Waals surface area contributed by atoms with Gasteiger partial charge in [0.25, 0.3) is 5.91 Å². The number of H-pyrrole nitrogens is 1. The van der Waals surface area contributed by atoms with E-state index in [9.17, 15) is 14.7 Å². The third-order valence-electron chi connectivity index (χ3n) is 6.42. The van der Waals surface area contributed by atoms with Crippen LogP contribution in [-0.4, -0.2) is 46.1 Å². The molecule has 0 spiro atoms. The van der Waals surface area contributed by atoms with E-state index >= 15 is 0 Å². The van der Waals surface area contributed by atoms with Gasteiger partial charge in [0, 0.05) is 36.7 Å². The first-order chi connectivity index (χ1) is 15.8. The molecule has 1 aliphatic heterocycles. The van der Waals surface area contributed by atoms with E-state index in [1.807, 2.05) is 30.3 Å². The first-order valence-electron chi connectivity index (χ1n) is 10.7. The number of anilines is 1. The Morgan fingerprint density at radius 2 is 1.88 bits per heavy atom. The molecule has 1 amide bonds. The Balaban J connectivity index is 1.22. The summed E-state index contributed by atoms with van der Waals surface area (Å²) >= 11 is 13.5. The number of aromatic nitrogens is 2. The summed E-state index contributed by atoms with van der Waals surface area (Å²) in [5, 5.41) is 14.0. The van der Waals surface area contributed by atoms with E-state index in [4.69, 9.17) is 23.2 Å². The van der Waals surface area contributed by atoms with Crippen molar-refractivity contribution >= 4 is 51.5 Å². The van der Waals surface area contributed by atoms with E-state index in [0.717, 1.165) is 30.2 Å². The fourth-order valence-corrected chi connectivity index (χ4v) is 5.95. The smallest absolute Gasteiger partial charge is 0.347 e. The number of carbonyl (C=O) groups excluding carboxylic acids is 1. The number of rotatable bonds is 7. The minimum atomic E-state index is -0.937. The van der Waals surface area contributed by atoms with Gasteiger partial charge in [-0.1, -0.05) is 64.9 Å². The lowest BCUT2D eigenvalue weighted by atomic mass is 10.1. The number of nitrogens with one attached hydrogen (secondary N) is 2. The number of aromatic carboxylic acids is 1. The maximum Gasteiger partial charge on any atom is 0.347 e. The van der Waals surface area contributed by atoms with Crippen molar-refractivity contribution in [2.45, 2.75) is 25.8 Å². The zero-order valence-corrected chi connectivity index (χ0v) is 20.1. The van der Waals surface area contributed by atoms with Crippen LogP contribution in [0.15, 0.2) is 30.3 Å². The predicted molar refractivity (Wildman–Crippen MR) is 129 cm³/mol. The lowest BCUT2D eigenvalue weighted by Gasteiger charge is -2.19. The zero-order chi connectivity index (χ0) is 23.3. The van der Waals surface area contributed by atoms with Crippen molar-refractivity contribution in [3.8, 4) is 0 Å². The average Bonchev–Trinajstić information content (AvgIpc) is 3.17. The van der Waals surface area contributed by atoms with Gasteiger partial charge in [-0.15, -0.1) is 0 Å². The molecule has 5 rings (SSSR count). The normalized spacial score (nSPS) is 21.2. The molecule has 2 fully saturated rings. The van der Waals surface area contributed by atoms with Gasteiger partial charge in [-0.25, -0.2) is 9.78 Å². The molecule has 1 aliphatic carbocycles. The first-order valence-corrected chi connectivity index (χ1v) is 12.3. The third-order valence-corrected chi connectivity index (χ3v) is 8.51. The fourth-order valence-electron chi connectivity index (χ4n) is 4.57. The molecule has 33 heavy (non-hydrogen) atoms. The van der Waals surface area contributed by atoms with Gasteiger partial charge in [0.05, 0.1) is 15.7 Å². The SMILES string of the molecule is Cc1[nH]c(C(=O)N[C@@H]2[C@@H]3CN(c4nc(CCc5ccccc5)c(C(=O)O)s4)C[C@@H]32)c(Cl)c1Cl. The van der Waals surface area contributed by atoms with E-state index in [2.05, 4.69) is 20.2 Å². The third kappa shape index (κ3) is 4.23. The average molecular weight is 505 g/mol. The maximum absolute atomic E-state index is 12.6. The Hall–Kier alpha value is -2.55. The van der Waals surface area contributed by atoms with Gasteiger partial charge in [0.1, 0.15) is 10.6 Å². The number of benzene rings is 1. The van der Waals surface area contributed by atoms with E-state index in [1.54, 1.807) is 6.92 Å². The number of carbonyl (C=O) groups is 2. The van der Waals surface area contributed by atoms with Crippen LogP contribution in [0.2, 0.25) is 10.0 Å². The van der Waals surface area contributed by atoms with Crippen LogP contribution >= 0.6 is 34.5 Å². The molecule has 172 valence electrons. The van der Waals surface area contributed by atoms with Crippen molar-refractivity contribution in [1.29, 1.82) is 0 Å². The highest BCUT2D eigenvalue weighted by atomic mass is 35.5. The molecular formula is C23H22Cl2N4O3S. The highest BCUT2D eigenvalue weighted by molar-refractivity contribution is 7.17. The molecular weight excluding hydrogens is 483 g/mol. The van der Waals surface area contributed by atoms with Crippen molar-refractivity contribution in [2.24, 2.45) is 11.8 Å². The number of halogens is 2. The van der Waals surface area contributed by atoms with Crippen LogP contribution in [0.5, 0.6) is 0 Å². The minimum Gasteiger partial charge on any atom is -0.477 e. The van der Waals surface area contributed by atoms with Crippen LogP contribution in [0, 0.1) is 18.8 Å². The Bertz CT molecular complexity index is 1210. The second-order valence-electron chi connectivity index (χ2n) is 8.55. The number of hydrogen-bond acceptors (Lipinski definition) is 5. The molecule has 3 atom stereocenters. The first kappa shape index (κ1) is 22.3. The van der Waals surface area contributed by atoms with Crippen LogP contribution < -0.4 is 10.2 Å². The summed E-state index contributed by atoms with van der Waals surface area (Å²) in [4.78, 5) is 34.4. The molecule has 2 aliphatic rings. The summed E-state index contributed by atoms with van der Waals surface area (Å²) < 4.78 is 0. The highest BCUT2D eigenvalue weighted by Crippen LogP contribution is 2.48. The predicted octanol–water partition coefficient (Wildman–Crippen LogP) is 4.43. The van der Waals surface area contributed by atoms with Crippen LogP contribution in [0.4, 0.5) is 5.13 Å². The van der Waals surface area contributed by atoms with Crippen molar-refractivity contribution < 1.29 is 14.7 Å². The second kappa shape index (κ2) is 8.66. The maximum atomic E-state index is 12.6. The molecule has 1 aromatic carbocycles. The summed E-state index contributed by atoms with van der Waals surface area (Å²) in [5.74, 6) is -0.576. The number of hydrogen-bond donors (Lipinski definition) is 3. The molecule has 3 heterocycles. The molecule has 2 aromatic heterocycles. The van der Waals surface area contributed by atoms with Gasteiger partial charge in [-0.3, -0.25) is 4.79 Å². The molecule has 0 radical (unpaired) electrons. The number of aryl methyl sites for hydroxylation is 3.